The first kappa shape index (κ1) is 28.8. The molecule has 4 unspecified atom stereocenters. The van der Waals surface area contributed by atoms with Crippen LogP contribution in [-0.2, 0) is 28.8 Å². The molecule has 1 heterocycles. The van der Waals surface area contributed by atoms with E-state index in [0.29, 0.717) is 32.2 Å². The third-order valence-corrected chi connectivity index (χ3v) is 5.43. The molecule has 1 aliphatic rings. The molecule has 192 valence electrons. The number of hydrogen-bond acceptors (Lipinski definition) is 8. The van der Waals surface area contributed by atoms with Gasteiger partial charge in [-0.3, -0.25) is 24.0 Å². The highest BCUT2D eigenvalue weighted by Crippen LogP contribution is 2.20. The second kappa shape index (κ2) is 14.1. The van der Waals surface area contributed by atoms with Crippen LogP contribution in [0.4, 0.5) is 0 Å². The standard InChI is InChI=1S/C20H34N6O8/c21-8-2-1-4-11(22)17(30)25-13(10-15(23)27)19(32)26-9-3-5-14(26)18(31)24-12(20(33)34)6-7-16(28)29/h11-14H,1-10,21-22H2,(H2,23,27)(H,24,31)(H,25,30)(H,28,29)(H,33,34). The molecule has 0 radical (unpaired) electrons. The van der Waals surface area contributed by atoms with Gasteiger partial charge >= 0.3 is 11.9 Å². The lowest BCUT2D eigenvalue weighted by atomic mass is 10.1. The van der Waals surface area contributed by atoms with Gasteiger partial charge in [-0.05, 0) is 38.6 Å². The Kier molecular flexibility index (Phi) is 11.9. The number of hydrogen-bond donors (Lipinski definition) is 7. The largest absolute Gasteiger partial charge is 0.481 e. The van der Waals surface area contributed by atoms with E-state index in [1.54, 1.807) is 0 Å². The molecule has 10 N–H and O–H groups in total. The van der Waals surface area contributed by atoms with Crippen molar-refractivity contribution in [2.45, 2.75) is 75.5 Å². The maximum Gasteiger partial charge on any atom is 0.326 e. The van der Waals surface area contributed by atoms with Crippen LogP contribution >= 0.6 is 0 Å². The van der Waals surface area contributed by atoms with Gasteiger partial charge in [-0.15, -0.1) is 0 Å². The second-order valence-corrected chi connectivity index (χ2v) is 8.14. The van der Waals surface area contributed by atoms with Crippen LogP contribution in [-0.4, -0.2) is 87.9 Å². The fourth-order valence-electron chi connectivity index (χ4n) is 3.62. The molecule has 0 aliphatic carbocycles. The summed E-state index contributed by atoms with van der Waals surface area (Å²) in [5.74, 6) is -5.63. The normalized spacial score (nSPS) is 17.9. The maximum atomic E-state index is 13.1. The Morgan fingerprint density at radius 3 is 2.24 bits per heavy atom. The number of unbranched alkanes of at least 4 members (excludes halogenated alkanes) is 1. The zero-order valence-electron chi connectivity index (χ0n) is 18.9. The van der Waals surface area contributed by atoms with Gasteiger partial charge in [-0.25, -0.2) is 4.79 Å². The number of rotatable bonds is 15. The van der Waals surface area contributed by atoms with Crippen molar-refractivity contribution in [2.24, 2.45) is 17.2 Å². The van der Waals surface area contributed by atoms with Gasteiger partial charge in [0.05, 0.1) is 12.5 Å². The lowest BCUT2D eigenvalue weighted by molar-refractivity contribution is -0.146. The number of amides is 4. The molecule has 1 rings (SSSR count). The highest BCUT2D eigenvalue weighted by molar-refractivity contribution is 5.96. The van der Waals surface area contributed by atoms with E-state index in [1.165, 1.54) is 0 Å². The Morgan fingerprint density at radius 1 is 1.00 bits per heavy atom. The lowest BCUT2D eigenvalue weighted by Gasteiger charge is -2.29. The summed E-state index contributed by atoms with van der Waals surface area (Å²) < 4.78 is 0. The smallest absolute Gasteiger partial charge is 0.326 e. The number of carboxylic acid groups (broad SMARTS) is 2. The molecule has 0 bridgehead atoms. The van der Waals surface area contributed by atoms with Crippen LogP contribution in [0.3, 0.4) is 0 Å². The van der Waals surface area contributed by atoms with Gasteiger partial charge in [0, 0.05) is 13.0 Å². The second-order valence-electron chi connectivity index (χ2n) is 8.14. The van der Waals surface area contributed by atoms with Crippen LogP contribution in [0.2, 0.25) is 0 Å². The molecule has 14 heteroatoms. The van der Waals surface area contributed by atoms with Crippen molar-refractivity contribution in [3.8, 4) is 0 Å². The Labute approximate surface area is 196 Å². The first-order valence-electron chi connectivity index (χ1n) is 11.1. The van der Waals surface area contributed by atoms with Gasteiger partial charge in [-0.2, -0.15) is 0 Å². The molecule has 0 spiro atoms. The van der Waals surface area contributed by atoms with Crippen molar-refractivity contribution in [3.05, 3.63) is 0 Å². The molecule has 0 saturated carbocycles. The molecule has 4 atom stereocenters. The van der Waals surface area contributed by atoms with Crippen LogP contribution in [0.25, 0.3) is 0 Å². The summed E-state index contributed by atoms with van der Waals surface area (Å²) in [6, 6.07) is -4.78. The minimum Gasteiger partial charge on any atom is -0.481 e. The number of primary amides is 1. The lowest BCUT2D eigenvalue weighted by Crippen LogP contribution is -2.57. The summed E-state index contributed by atoms with van der Waals surface area (Å²) >= 11 is 0. The highest BCUT2D eigenvalue weighted by atomic mass is 16.4. The van der Waals surface area contributed by atoms with Crippen LogP contribution < -0.4 is 27.8 Å². The number of aliphatic carboxylic acids is 2. The Hall–Kier alpha value is -3.26. The fraction of sp³-hybridized carbons (Fsp3) is 0.700. The van der Waals surface area contributed by atoms with Gasteiger partial charge in [-0.1, -0.05) is 6.42 Å². The fourth-order valence-corrected chi connectivity index (χ4v) is 3.62. The average Bonchev–Trinajstić information content (AvgIpc) is 3.24. The molecule has 0 aromatic rings. The number of carboxylic acids is 2. The first-order valence-corrected chi connectivity index (χ1v) is 11.1. The first-order chi connectivity index (χ1) is 16.0. The Balaban J connectivity index is 2.90. The van der Waals surface area contributed by atoms with Crippen LogP contribution in [0, 0.1) is 0 Å². The van der Waals surface area contributed by atoms with Gasteiger partial charge in [0.15, 0.2) is 0 Å². The maximum absolute atomic E-state index is 13.1. The monoisotopic (exact) mass is 486 g/mol. The van der Waals surface area contributed by atoms with E-state index in [2.05, 4.69) is 10.6 Å². The topological polar surface area (TPSA) is 248 Å². The molecule has 0 aromatic heterocycles. The highest BCUT2D eigenvalue weighted by Gasteiger charge is 2.39. The number of nitrogens with two attached hydrogens (primary N) is 3. The van der Waals surface area contributed by atoms with Crippen molar-refractivity contribution in [2.75, 3.05) is 13.1 Å². The van der Waals surface area contributed by atoms with Crippen molar-refractivity contribution in [1.82, 2.24) is 15.5 Å². The third-order valence-electron chi connectivity index (χ3n) is 5.43. The number of nitrogens with zero attached hydrogens (tertiary/aromatic N) is 1. The van der Waals surface area contributed by atoms with Crippen molar-refractivity contribution in [3.63, 3.8) is 0 Å². The van der Waals surface area contributed by atoms with Crippen molar-refractivity contribution in [1.29, 1.82) is 0 Å². The Morgan fingerprint density at radius 2 is 1.68 bits per heavy atom. The van der Waals surface area contributed by atoms with E-state index in [9.17, 15) is 33.9 Å². The Bertz CT molecular complexity index is 776. The van der Waals surface area contributed by atoms with Gasteiger partial charge < -0.3 is 42.9 Å². The number of carbonyl (C=O) groups excluding carboxylic acids is 4. The number of carbonyl (C=O) groups is 6. The van der Waals surface area contributed by atoms with E-state index >= 15 is 0 Å². The SMILES string of the molecule is NCCCCC(N)C(=O)NC(CC(N)=O)C(=O)N1CCCC1C(=O)NC(CCC(=O)O)C(=O)O. The summed E-state index contributed by atoms with van der Waals surface area (Å²) in [4.78, 5) is 73.1. The minimum absolute atomic E-state index is 0.136. The molecule has 1 saturated heterocycles. The third kappa shape index (κ3) is 9.31. The molecular weight excluding hydrogens is 452 g/mol. The van der Waals surface area contributed by atoms with Gasteiger partial charge in [0.1, 0.15) is 18.1 Å². The quantitative estimate of drug-likeness (QED) is 0.117. The molecule has 34 heavy (non-hydrogen) atoms. The molecule has 14 nitrogen and oxygen atoms in total. The molecule has 0 aromatic carbocycles. The predicted octanol–water partition coefficient (Wildman–Crippen LogP) is -2.77. The number of nitrogens with one attached hydrogen (secondary N) is 2. The van der Waals surface area contributed by atoms with Crippen LogP contribution in [0.5, 0.6) is 0 Å². The van der Waals surface area contributed by atoms with Gasteiger partial charge in [0.2, 0.25) is 23.6 Å². The van der Waals surface area contributed by atoms with E-state index in [4.69, 9.17) is 22.3 Å². The number of likely N-dealkylation sites (tertiary alicyclic amines) is 1. The van der Waals surface area contributed by atoms with Crippen molar-refractivity contribution >= 4 is 35.6 Å². The summed E-state index contributed by atoms with van der Waals surface area (Å²) in [6.45, 7) is 0.575. The van der Waals surface area contributed by atoms with E-state index in [1.807, 2.05) is 0 Å². The van der Waals surface area contributed by atoms with E-state index in [-0.39, 0.29) is 19.4 Å². The van der Waals surface area contributed by atoms with E-state index < -0.39 is 72.6 Å². The van der Waals surface area contributed by atoms with Crippen molar-refractivity contribution < 1.29 is 39.0 Å². The summed E-state index contributed by atoms with van der Waals surface area (Å²) in [6.07, 6.45) is 0.913. The van der Waals surface area contributed by atoms with E-state index in [0.717, 1.165) is 4.90 Å². The van der Waals surface area contributed by atoms with Crippen LogP contribution in [0.15, 0.2) is 0 Å². The average molecular weight is 487 g/mol. The summed E-state index contributed by atoms with van der Waals surface area (Å²) in [7, 11) is 0. The molecular formula is C20H34N6O8. The minimum atomic E-state index is -1.45. The summed E-state index contributed by atoms with van der Waals surface area (Å²) in [5.41, 5.74) is 16.5. The predicted molar refractivity (Wildman–Crippen MR) is 118 cm³/mol. The van der Waals surface area contributed by atoms with Crippen LogP contribution in [0.1, 0.15) is 51.4 Å². The summed E-state index contributed by atoms with van der Waals surface area (Å²) in [5, 5.41) is 22.7. The molecule has 1 aliphatic heterocycles. The molecule has 1 fully saturated rings. The van der Waals surface area contributed by atoms with Gasteiger partial charge in [0.25, 0.3) is 0 Å². The zero-order valence-corrected chi connectivity index (χ0v) is 18.9. The zero-order chi connectivity index (χ0) is 25.8. The molecule has 4 amide bonds.